The first-order valence-electron chi connectivity index (χ1n) is 23.6. The molecule has 0 N–H and O–H groups in total. The Labute approximate surface area is 406 Å². The van der Waals surface area contributed by atoms with Crippen molar-refractivity contribution in [2.24, 2.45) is 5.92 Å². The lowest BCUT2D eigenvalue weighted by Gasteiger charge is -2.36. The van der Waals surface area contributed by atoms with Crippen LogP contribution in [0.3, 0.4) is 0 Å². The van der Waals surface area contributed by atoms with E-state index in [1.165, 1.54) is 0 Å². The first-order valence-corrected chi connectivity index (χ1v) is 26.8. The molecule has 0 saturated heterocycles. The fraction of sp³-hybridized carbons (Fsp3) is 0.0164. The molecular formula is C61H43N5O2P2. The molecule has 1 aromatic heterocycles. The number of nitrogens with zero attached hydrogens (tertiary/aromatic N) is 5. The van der Waals surface area contributed by atoms with E-state index in [2.05, 4.69) is 141 Å². The zero-order valence-electron chi connectivity index (χ0n) is 37.8. The second-order valence-corrected chi connectivity index (χ2v) is 22.8. The lowest BCUT2D eigenvalue weighted by atomic mass is 10.0. The highest BCUT2D eigenvalue weighted by Crippen LogP contribution is 2.74. The van der Waals surface area contributed by atoms with Crippen molar-refractivity contribution >= 4 is 87.1 Å². The first-order chi connectivity index (χ1) is 34.5. The molecule has 14 rings (SSSR count). The minimum absolute atomic E-state index is 0.0268. The van der Waals surface area contributed by atoms with Gasteiger partial charge in [0.2, 0.25) is 0 Å². The number of benzene rings is 9. The molecule has 0 radical (unpaired) electrons. The Morgan fingerprint density at radius 2 is 0.800 bits per heavy atom. The van der Waals surface area contributed by atoms with Gasteiger partial charge in [-0.05, 0) is 126 Å². The molecule has 4 aliphatic rings. The van der Waals surface area contributed by atoms with Crippen molar-refractivity contribution in [3.63, 3.8) is 0 Å². The Morgan fingerprint density at radius 3 is 1.31 bits per heavy atom. The van der Waals surface area contributed by atoms with Gasteiger partial charge >= 0.3 is 14.9 Å². The van der Waals surface area contributed by atoms with Gasteiger partial charge in [-0.25, -0.2) is 0 Å². The van der Waals surface area contributed by atoms with Gasteiger partial charge in [0.1, 0.15) is 0 Å². The maximum Gasteiger partial charge on any atom is 0.301 e. The lowest BCUT2D eigenvalue weighted by Crippen LogP contribution is -2.32. The van der Waals surface area contributed by atoms with Crippen LogP contribution in [0.4, 0.5) is 39.8 Å². The van der Waals surface area contributed by atoms with E-state index in [0.29, 0.717) is 10.6 Å². The molecule has 0 saturated carbocycles. The van der Waals surface area contributed by atoms with Crippen LogP contribution < -0.4 is 29.3 Å². The number of aromatic nitrogens is 1. The van der Waals surface area contributed by atoms with Crippen LogP contribution in [0.1, 0.15) is 0 Å². The number of hydrogen-bond acceptors (Lipinski definition) is 2. The van der Waals surface area contributed by atoms with Gasteiger partial charge in [-0.2, -0.15) is 0 Å². The molecular weight excluding hydrogens is 897 g/mol. The summed E-state index contributed by atoms with van der Waals surface area (Å²) >= 11 is 0. The quantitative estimate of drug-likeness (QED) is 0.142. The summed E-state index contributed by atoms with van der Waals surface area (Å²) in [4.78, 5) is 0. The summed E-state index contributed by atoms with van der Waals surface area (Å²) < 4.78 is 45.9. The third-order valence-corrected chi connectivity index (χ3v) is 19.9. The van der Waals surface area contributed by atoms with Crippen molar-refractivity contribution in [2.75, 3.05) is 18.7 Å². The highest BCUT2D eigenvalue weighted by atomic mass is 31.2. The molecule has 0 fully saturated rings. The lowest BCUT2D eigenvalue weighted by molar-refractivity contribution is 0.581. The van der Waals surface area contributed by atoms with E-state index in [-0.39, 0.29) is 5.92 Å². The zero-order chi connectivity index (χ0) is 46.6. The molecule has 0 bridgehead atoms. The number of para-hydroxylation sites is 9. The van der Waals surface area contributed by atoms with Gasteiger partial charge in [-0.15, -0.1) is 0 Å². The average Bonchev–Trinajstić information content (AvgIpc) is 3.80. The Morgan fingerprint density at radius 1 is 0.357 bits per heavy atom. The van der Waals surface area contributed by atoms with E-state index in [4.69, 9.17) is 0 Å². The normalized spacial score (nSPS) is 18.4. The van der Waals surface area contributed by atoms with E-state index in [9.17, 15) is 0 Å². The Kier molecular flexibility index (Phi) is 9.07. The summed E-state index contributed by atoms with van der Waals surface area (Å²) in [6.45, 7) is 0. The number of hydrogen-bond donors (Lipinski definition) is 0. The third kappa shape index (κ3) is 5.89. The molecule has 9 aromatic carbocycles. The predicted octanol–water partition coefficient (Wildman–Crippen LogP) is 15.7. The molecule has 2 aliphatic heterocycles. The highest BCUT2D eigenvalue weighted by molar-refractivity contribution is 7.77. The minimum atomic E-state index is -3.99. The van der Waals surface area contributed by atoms with Gasteiger partial charge in [-0.3, -0.25) is 27.8 Å². The van der Waals surface area contributed by atoms with E-state index in [1.807, 2.05) is 137 Å². The van der Waals surface area contributed by atoms with E-state index in [1.54, 1.807) is 0 Å². The van der Waals surface area contributed by atoms with Crippen molar-refractivity contribution in [1.82, 2.24) is 4.57 Å². The Hall–Kier alpha value is -8.34. The Bertz CT molecular complexity index is 3870. The summed E-state index contributed by atoms with van der Waals surface area (Å²) in [6.07, 6.45) is 8.47. The molecule has 334 valence electrons. The summed E-state index contributed by atoms with van der Waals surface area (Å²) in [6, 6.07) is 78.3. The molecule has 3 heterocycles. The SMILES string of the molecule is O=P1(c2cc(-c3ccc4c(c3)c3ccccc3n4-c3ccccc3)cc(P3(=O)N(c4ccccc4)c4ccccc4N3c3ccccc3)c2)N(C2=C3C=CC=CC32)c2ccccc2N1c1ccccc1. The predicted molar refractivity (Wildman–Crippen MR) is 291 cm³/mol. The zero-order valence-corrected chi connectivity index (χ0v) is 39.6. The van der Waals surface area contributed by atoms with E-state index < -0.39 is 14.9 Å². The maximum atomic E-state index is 17.7. The van der Waals surface area contributed by atoms with Crippen LogP contribution in [-0.4, -0.2) is 4.57 Å². The summed E-state index contributed by atoms with van der Waals surface area (Å²) in [5.74, 6) is 0.0268. The van der Waals surface area contributed by atoms with Gasteiger partial charge in [0.05, 0.1) is 44.4 Å². The van der Waals surface area contributed by atoms with Crippen molar-refractivity contribution in [3.05, 3.63) is 266 Å². The van der Waals surface area contributed by atoms with Gasteiger partial charge < -0.3 is 4.57 Å². The fourth-order valence-electron chi connectivity index (χ4n) is 11.1. The monoisotopic (exact) mass is 939 g/mol. The summed E-state index contributed by atoms with van der Waals surface area (Å²) in [7, 11) is -7.94. The van der Waals surface area contributed by atoms with Crippen molar-refractivity contribution < 1.29 is 9.13 Å². The van der Waals surface area contributed by atoms with Gasteiger partial charge in [-0.1, -0.05) is 146 Å². The molecule has 70 heavy (non-hydrogen) atoms. The fourth-order valence-corrected chi connectivity index (χ4v) is 17.4. The van der Waals surface area contributed by atoms with Gasteiger partial charge in [0, 0.05) is 45.1 Å². The van der Waals surface area contributed by atoms with Gasteiger partial charge in [0.25, 0.3) is 0 Å². The standard InChI is InChI=1S/C61H43N5O2P2/c67-69(63(46-23-7-2-8-24-46)57-33-17-18-34-58(57)64(69)47-25-9-3-10-26-47)49-39-44(43-37-38-56-54(41-43)51-29-15-16-32-55(51)62(56)45-21-5-1-6-22-45)40-50(42-49)70(68)65(48-27-11-4-12-28-48)59-35-19-20-36-60(59)66(70)61-52-30-13-14-31-53(52)61/h1-42,52H. The largest absolute Gasteiger partial charge is 0.309 e. The topological polar surface area (TPSA) is 52.0 Å². The smallest absolute Gasteiger partial charge is 0.301 e. The van der Waals surface area contributed by atoms with E-state index >= 15 is 9.13 Å². The summed E-state index contributed by atoms with van der Waals surface area (Å²) in [5.41, 5.74) is 12.9. The van der Waals surface area contributed by atoms with Crippen LogP contribution in [0.5, 0.6) is 0 Å². The third-order valence-electron chi connectivity index (χ3n) is 14.1. The van der Waals surface area contributed by atoms with Crippen molar-refractivity contribution in [2.45, 2.75) is 0 Å². The number of allylic oxidation sites excluding steroid dienone is 5. The number of fused-ring (bicyclic) bond motifs is 6. The van der Waals surface area contributed by atoms with Crippen LogP contribution >= 0.6 is 14.9 Å². The van der Waals surface area contributed by atoms with Crippen molar-refractivity contribution in [1.29, 1.82) is 0 Å². The first kappa shape index (κ1) is 40.7. The van der Waals surface area contributed by atoms with Gasteiger partial charge in [0.15, 0.2) is 0 Å². The van der Waals surface area contributed by atoms with Crippen LogP contribution in [-0.2, 0) is 9.13 Å². The van der Waals surface area contributed by atoms with Crippen LogP contribution in [0.25, 0.3) is 38.6 Å². The minimum Gasteiger partial charge on any atom is -0.309 e. The maximum absolute atomic E-state index is 17.7. The molecule has 0 amide bonds. The number of anilines is 7. The van der Waals surface area contributed by atoms with Crippen LogP contribution in [0, 0.1) is 5.92 Å². The molecule has 7 nitrogen and oxygen atoms in total. The second kappa shape index (κ2) is 15.6. The molecule has 9 heteroatoms. The molecule has 2 unspecified atom stereocenters. The van der Waals surface area contributed by atoms with Crippen LogP contribution in [0.15, 0.2) is 266 Å². The molecule has 10 aromatic rings. The average molecular weight is 940 g/mol. The molecule has 2 aliphatic carbocycles. The van der Waals surface area contributed by atoms with Crippen molar-refractivity contribution in [3.8, 4) is 16.8 Å². The Balaban J connectivity index is 1.09. The second-order valence-electron chi connectivity index (χ2n) is 18.0. The number of rotatable bonds is 8. The molecule has 0 spiro atoms. The van der Waals surface area contributed by atoms with Crippen LogP contribution in [0.2, 0.25) is 0 Å². The summed E-state index contributed by atoms with van der Waals surface area (Å²) in [5, 5.41) is 3.33. The highest BCUT2D eigenvalue weighted by Gasteiger charge is 2.56. The van der Waals surface area contributed by atoms with E-state index in [0.717, 1.165) is 89.7 Å². The molecule has 2 atom stereocenters.